The Hall–Kier alpha value is -3.46. The molecule has 1 heterocycles. The summed E-state index contributed by atoms with van der Waals surface area (Å²) in [6, 6.07) is 23.9. The van der Waals surface area contributed by atoms with E-state index in [1.807, 2.05) is 54.6 Å². The number of benzene rings is 3. The molecule has 0 spiro atoms. The van der Waals surface area contributed by atoms with Gasteiger partial charge in [-0.05, 0) is 91.3 Å². The van der Waals surface area contributed by atoms with Gasteiger partial charge in [0.1, 0.15) is 17.7 Å². The first-order chi connectivity index (χ1) is 19.1. The number of allylic oxidation sites excluding steroid dienone is 2. The highest BCUT2D eigenvalue weighted by Gasteiger charge is 2.26. The van der Waals surface area contributed by atoms with Crippen LogP contribution in [0.2, 0.25) is 0 Å². The molecule has 1 unspecified atom stereocenters. The maximum absolute atomic E-state index is 13.9. The highest BCUT2D eigenvalue weighted by Crippen LogP contribution is 2.39. The van der Waals surface area contributed by atoms with Crippen molar-refractivity contribution in [2.45, 2.75) is 45.3 Å². The molecule has 3 aromatic rings. The van der Waals surface area contributed by atoms with Crippen LogP contribution in [0.25, 0.3) is 11.1 Å². The second kappa shape index (κ2) is 13.3. The van der Waals surface area contributed by atoms with Gasteiger partial charge >= 0.3 is 0 Å². The SMILES string of the molecule is COc1ccc(C2=C(C(=O)c3ccc(OC(C)N4CCCCC4)cc3)c3ccccc3CC2)cc1.CS(=O)(=O)O. The van der Waals surface area contributed by atoms with Gasteiger partial charge < -0.3 is 9.47 Å². The molecular weight excluding hydrogens is 526 g/mol. The summed E-state index contributed by atoms with van der Waals surface area (Å²) in [7, 11) is -2.00. The number of piperidine rings is 1. The topological polar surface area (TPSA) is 93.1 Å². The smallest absolute Gasteiger partial charge is 0.261 e. The first-order valence-electron chi connectivity index (χ1n) is 13.6. The molecule has 1 aliphatic carbocycles. The van der Waals surface area contributed by atoms with Crippen molar-refractivity contribution < 1.29 is 27.2 Å². The Bertz CT molecular complexity index is 1430. The van der Waals surface area contributed by atoms with Crippen LogP contribution in [0.1, 0.15) is 59.7 Å². The molecule has 0 bridgehead atoms. The minimum Gasteiger partial charge on any atom is -0.497 e. The highest BCUT2D eigenvalue weighted by molar-refractivity contribution is 7.85. The van der Waals surface area contributed by atoms with Crippen molar-refractivity contribution in [1.29, 1.82) is 0 Å². The van der Waals surface area contributed by atoms with Gasteiger partial charge in [-0.3, -0.25) is 14.2 Å². The van der Waals surface area contributed by atoms with Crippen LogP contribution in [0.4, 0.5) is 0 Å². The third-order valence-electron chi connectivity index (χ3n) is 7.23. The van der Waals surface area contributed by atoms with E-state index >= 15 is 0 Å². The van der Waals surface area contributed by atoms with Gasteiger partial charge in [0.05, 0.1) is 13.4 Å². The van der Waals surface area contributed by atoms with E-state index < -0.39 is 10.1 Å². The average Bonchev–Trinajstić information content (AvgIpc) is 2.96. The number of fused-ring (bicyclic) bond motifs is 1. The zero-order valence-corrected chi connectivity index (χ0v) is 24.1. The Balaban J connectivity index is 0.000000681. The Morgan fingerprint density at radius 1 is 0.875 bits per heavy atom. The van der Waals surface area contributed by atoms with Gasteiger partial charge in [0.2, 0.25) is 0 Å². The monoisotopic (exact) mass is 563 g/mol. The lowest BCUT2D eigenvalue weighted by atomic mass is 9.79. The number of hydrogen-bond acceptors (Lipinski definition) is 6. The third-order valence-corrected chi connectivity index (χ3v) is 7.23. The van der Waals surface area contributed by atoms with E-state index in [9.17, 15) is 13.2 Å². The number of likely N-dealkylation sites (tertiary alicyclic amines) is 1. The van der Waals surface area contributed by atoms with Gasteiger partial charge in [0.15, 0.2) is 5.78 Å². The van der Waals surface area contributed by atoms with Crippen molar-refractivity contribution in [2.75, 3.05) is 26.5 Å². The minimum atomic E-state index is -3.67. The zero-order chi connectivity index (χ0) is 28.7. The first-order valence-corrected chi connectivity index (χ1v) is 15.4. The van der Waals surface area contributed by atoms with Crippen LogP contribution >= 0.6 is 0 Å². The fraction of sp³-hybridized carbons (Fsp3) is 0.344. The van der Waals surface area contributed by atoms with Crippen molar-refractivity contribution in [3.05, 3.63) is 95.1 Å². The Morgan fingerprint density at radius 2 is 1.48 bits per heavy atom. The van der Waals surface area contributed by atoms with Gasteiger partial charge in [-0.1, -0.05) is 42.8 Å². The molecule has 1 N–H and O–H groups in total. The fourth-order valence-electron chi connectivity index (χ4n) is 5.25. The van der Waals surface area contributed by atoms with Crippen molar-refractivity contribution >= 4 is 27.0 Å². The minimum absolute atomic E-state index is 0.0338. The molecule has 0 radical (unpaired) electrons. The predicted molar refractivity (Wildman–Crippen MR) is 158 cm³/mol. The number of ether oxygens (including phenoxy) is 2. The largest absolute Gasteiger partial charge is 0.497 e. The lowest BCUT2D eigenvalue weighted by molar-refractivity contribution is 0.0262. The molecular formula is C32H37NO6S. The number of ketones is 1. The number of aryl methyl sites for hydroxylation is 1. The third kappa shape index (κ3) is 7.81. The zero-order valence-electron chi connectivity index (χ0n) is 23.3. The van der Waals surface area contributed by atoms with Crippen molar-refractivity contribution in [3.8, 4) is 11.5 Å². The molecule has 1 aliphatic heterocycles. The van der Waals surface area contributed by atoms with E-state index in [1.165, 1.54) is 24.8 Å². The maximum atomic E-state index is 13.9. The Morgan fingerprint density at radius 3 is 2.10 bits per heavy atom. The van der Waals surface area contributed by atoms with E-state index in [0.29, 0.717) is 11.8 Å². The lowest BCUT2D eigenvalue weighted by Crippen LogP contribution is -2.40. The summed E-state index contributed by atoms with van der Waals surface area (Å²) < 4.78 is 37.4. The number of Topliss-reactive ketones (excluding diaryl/α,β-unsaturated/α-hetero) is 1. The predicted octanol–water partition coefficient (Wildman–Crippen LogP) is 6.15. The average molecular weight is 564 g/mol. The van der Waals surface area contributed by atoms with E-state index in [0.717, 1.165) is 59.7 Å². The maximum Gasteiger partial charge on any atom is 0.261 e. The number of hydrogen-bond donors (Lipinski definition) is 1. The van der Waals surface area contributed by atoms with Gasteiger partial charge in [0, 0.05) is 24.2 Å². The second-order valence-electron chi connectivity index (χ2n) is 10.1. The summed E-state index contributed by atoms with van der Waals surface area (Å²) in [5, 5.41) is 0. The highest BCUT2D eigenvalue weighted by atomic mass is 32.2. The van der Waals surface area contributed by atoms with E-state index in [1.54, 1.807) is 7.11 Å². The molecule has 0 amide bonds. The molecule has 212 valence electrons. The summed E-state index contributed by atoms with van der Waals surface area (Å²) in [6.07, 6.45) is 6.27. The Labute approximate surface area is 237 Å². The normalized spacial score (nSPS) is 16.3. The number of nitrogens with zero attached hydrogens (tertiary/aromatic N) is 1. The summed E-state index contributed by atoms with van der Waals surface area (Å²) in [5.74, 6) is 1.67. The summed E-state index contributed by atoms with van der Waals surface area (Å²) >= 11 is 0. The van der Waals surface area contributed by atoms with E-state index in [2.05, 4.69) is 30.0 Å². The van der Waals surface area contributed by atoms with Crippen LogP contribution in [0.3, 0.4) is 0 Å². The summed E-state index contributed by atoms with van der Waals surface area (Å²) in [5.41, 5.74) is 5.90. The second-order valence-corrected chi connectivity index (χ2v) is 11.6. The van der Waals surface area contributed by atoms with Crippen LogP contribution in [0.15, 0.2) is 72.8 Å². The molecule has 40 heavy (non-hydrogen) atoms. The molecule has 3 aromatic carbocycles. The van der Waals surface area contributed by atoms with E-state index in [4.69, 9.17) is 14.0 Å². The molecule has 1 atom stereocenters. The molecule has 2 aliphatic rings. The van der Waals surface area contributed by atoms with Crippen LogP contribution in [0.5, 0.6) is 11.5 Å². The van der Waals surface area contributed by atoms with Crippen molar-refractivity contribution in [2.24, 2.45) is 0 Å². The molecule has 5 rings (SSSR count). The number of carbonyl (C=O) groups is 1. The number of carbonyl (C=O) groups excluding carboxylic acids is 1. The fourth-order valence-corrected chi connectivity index (χ4v) is 5.25. The molecule has 0 saturated carbocycles. The Kier molecular flexibility index (Phi) is 9.79. The van der Waals surface area contributed by atoms with Crippen molar-refractivity contribution in [1.82, 2.24) is 4.90 Å². The molecule has 8 heteroatoms. The standard InChI is InChI=1S/C31H33NO3.CH4O3S/c1-22(32-20-6-3-7-21-32)35-27-17-12-25(13-18-27)31(33)30-28-9-5-4-8-23(28)14-19-29(30)24-10-15-26(34-2)16-11-24;1-5(2,3)4/h4-5,8-13,15-18,22H,3,6-7,14,19-21H2,1-2H3;1H3,(H,2,3,4). The van der Waals surface area contributed by atoms with Gasteiger partial charge in [0.25, 0.3) is 10.1 Å². The number of methoxy groups -OCH3 is 1. The van der Waals surface area contributed by atoms with Gasteiger partial charge in [-0.15, -0.1) is 0 Å². The van der Waals surface area contributed by atoms with Crippen molar-refractivity contribution in [3.63, 3.8) is 0 Å². The van der Waals surface area contributed by atoms with Gasteiger partial charge in [-0.2, -0.15) is 8.42 Å². The molecule has 0 aromatic heterocycles. The van der Waals surface area contributed by atoms with Crippen LogP contribution in [0, 0.1) is 0 Å². The summed E-state index contributed by atoms with van der Waals surface area (Å²) in [6.45, 7) is 4.27. The lowest BCUT2D eigenvalue weighted by Gasteiger charge is -2.32. The first kappa shape index (κ1) is 29.5. The quantitative estimate of drug-likeness (QED) is 0.272. The van der Waals surface area contributed by atoms with Gasteiger partial charge in [-0.25, -0.2) is 0 Å². The van der Waals surface area contributed by atoms with Crippen LogP contribution < -0.4 is 9.47 Å². The molecule has 1 saturated heterocycles. The van der Waals surface area contributed by atoms with Crippen LogP contribution in [-0.2, 0) is 16.5 Å². The molecule has 7 nitrogen and oxygen atoms in total. The molecule has 1 fully saturated rings. The van der Waals surface area contributed by atoms with Crippen LogP contribution in [-0.4, -0.2) is 56.3 Å². The number of rotatable bonds is 7. The summed E-state index contributed by atoms with van der Waals surface area (Å²) in [4.78, 5) is 16.3. The van der Waals surface area contributed by atoms with E-state index in [-0.39, 0.29) is 12.0 Å².